The number of ether oxygens (including phenoxy) is 2. The van der Waals surface area contributed by atoms with Gasteiger partial charge in [-0.25, -0.2) is 4.68 Å². The maximum Gasteiger partial charge on any atom is 0.173 e. The first-order valence-electron chi connectivity index (χ1n) is 11.4. The highest BCUT2D eigenvalue weighted by atomic mass is 16.5. The van der Waals surface area contributed by atoms with Crippen LogP contribution in [0.5, 0.6) is 5.75 Å². The number of rotatable bonds is 7. The number of hydrogen-bond acceptors (Lipinski definition) is 7. The minimum atomic E-state index is 0.0191. The molecule has 8 nitrogen and oxygen atoms in total. The molecule has 2 aliphatic heterocycles. The van der Waals surface area contributed by atoms with Gasteiger partial charge in [0, 0.05) is 38.5 Å². The number of nitrogens with zero attached hydrogens (tertiary/aromatic N) is 6. The summed E-state index contributed by atoms with van der Waals surface area (Å²) in [5.41, 5.74) is 2.44. The summed E-state index contributed by atoms with van der Waals surface area (Å²) in [4.78, 5) is 4.92. The summed E-state index contributed by atoms with van der Waals surface area (Å²) in [5, 5.41) is 12.9. The first-order valence-corrected chi connectivity index (χ1v) is 11.4. The number of hydrogen-bond donors (Lipinski definition) is 0. The number of methoxy groups -OCH3 is 1. The average Bonchev–Trinajstić information content (AvgIpc) is 3.54. The van der Waals surface area contributed by atoms with E-state index in [0.717, 1.165) is 57.2 Å². The van der Waals surface area contributed by atoms with Crippen molar-refractivity contribution in [2.75, 3.05) is 44.8 Å². The maximum atomic E-state index is 5.85. The Labute approximate surface area is 188 Å². The zero-order chi connectivity index (χ0) is 21.8. The molecule has 0 aliphatic carbocycles. The number of aromatic nitrogens is 4. The van der Waals surface area contributed by atoms with Crippen LogP contribution in [0.1, 0.15) is 30.3 Å². The molecule has 2 fully saturated rings. The fourth-order valence-electron chi connectivity index (χ4n) is 4.71. The zero-order valence-electron chi connectivity index (χ0n) is 18.5. The Balaban J connectivity index is 1.35. The molecule has 8 heteroatoms. The summed E-state index contributed by atoms with van der Waals surface area (Å²) in [5.74, 6) is 1.78. The van der Waals surface area contributed by atoms with Crippen molar-refractivity contribution < 1.29 is 9.47 Å². The fourth-order valence-corrected chi connectivity index (χ4v) is 4.71. The summed E-state index contributed by atoms with van der Waals surface area (Å²) in [6.45, 7) is 5.29. The van der Waals surface area contributed by atoms with E-state index in [1.165, 1.54) is 11.3 Å². The first-order chi connectivity index (χ1) is 15.8. The fraction of sp³-hybridized carbons (Fsp3) is 0.458. The molecule has 0 spiro atoms. The predicted octanol–water partition coefficient (Wildman–Crippen LogP) is 2.77. The molecule has 5 rings (SSSR count). The van der Waals surface area contributed by atoms with Crippen molar-refractivity contribution >= 4 is 5.69 Å². The molecule has 32 heavy (non-hydrogen) atoms. The Hall–Kier alpha value is -2.97. The molecule has 1 aromatic heterocycles. The second-order valence-electron chi connectivity index (χ2n) is 8.39. The minimum absolute atomic E-state index is 0.0191. The van der Waals surface area contributed by atoms with E-state index in [9.17, 15) is 0 Å². The lowest BCUT2D eigenvalue weighted by molar-refractivity contribution is 0.0906. The van der Waals surface area contributed by atoms with Crippen molar-refractivity contribution in [3.05, 3.63) is 66.0 Å². The third kappa shape index (κ3) is 4.47. The Morgan fingerprint density at radius 3 is 2.50 bits per heavy atom. The molecule has 2 saturated heterocycles. The molecule has 2 aliphatic rings. The van der Waals surface area contributed by atoms with Crippen LogP contribution in [-0.2, 0) is 11.3 Å². The van der Waals surface area contributed by atoms with Gasteiger partial charge in [-0.1, -0.05) is 30.3 Å². The summed E-state index contributed by atoms with van der Waals surface area (Å²) in [6.07, 6.45) is 2.37. The van der Waals surface area contributed by atoms with Crippen molar-refractivity contribution in [2.45, 2.75) is 31.5 Å². The smallest absolute Gasteiger partial charge is 0.173 e. The molecule has 3 aromatic rings. The normalized spacial score (nSPS) is 20.4. The molecule has 168 valence electrons. The van der Waals surface area contributed by atoms with E-state index in [4.69, 9.17) is 9.47 Å². The van der Waals surface area contributed by atoms with Crippen LogP contribution in [0, 0.1) is 0 Å². The molecular formula is C24H30N6O2. The van der Waals surface area contributed by atoms with Gasteiger partial charge in [0.2, 0.25) is 0 Å². The largest absolute Gasteiger partial charge is 0.497 e. The summed E-state index contributed by atoms with van der Waals surface area (Å²) in [7, 11) is 1.70. The summed E-state index contributed by atoms with van der Waals surface area (Å²) >= 11 is 0. The minimum Gasteiger partial charge on any atom is -0.497 e. The van der Waals surface area contributed by atoms with E-state index >= 15 is 0 Å². The maximum absolute atomic E-state index is 5.85. The topological polar surface area (TPSA) is 68.5 Å². The van der Waals surface area contributed by atoms with Crippen LogP contribution < -0.4 is 9.64 Å². The highest BCUT2D eigenvalue weighted by Crippen LogP contribution is 2.30. The summed E-state index contributed by atoms with van der Waals surface area (Å²) in [6, 6.07) is 18.9. The molecule has 0 radical (unpaired) electrons. The lowest BCUT2D eigenvalue weighted by atomic mass is 10.0. The van der Waals surface area contributed by atoms with Crippen molar-refractivity contribution in [2.24, 2.45) is 0 Å². The molecule has 0 saturated carbocycles. The lowest BCUT2D eigenvalue weighted by Crippen LogP contribution is -2.48. The van der Waals surface area contributed by atoms with Crippen LogP contribution in [0.3, 0.4) is 0 Å². The monoisotopic (exact) mass is 434 g/mol. The Morgan fingerprint density at radius 2 is 1.81 bits per heavy atom. The molecule has 0 bridgehead atoms. The van der Waals surface area contributed by atoms with Crippen molar-refractivity contribution in [3.63, 3.8) is 0 Å². The van der Waals surface area contributed by atoms with Gasteiger partial charge in [0.15, 0.2) is 5.82 Å². The van der Waals surface area contributed by atoms with E-state index in [1.54, 1.807) is 7.11 Å². The van der Waals surface area contributed by atoms with Crippen LogP contribution >= 0.6 is 0 Å². The number of piperazine rings is 1. The van der Waals surface area contributed by atoms with Gasteiger partial charge in [-0.15, -0.1) is 5.10 Å². The zero-order valence-corrected chi connectivity index (χ0v) is 18.5. The molecule has 0 N–H and O–H groups in total. The second kappa shape index (κ2) is 9.67. The standard InChI is InChI=1S/C24H30N6O2/c1-31-21-11-9-20(10-12-21)28-13-15-29(16-14-28)23(19-6-3-2-4-7-19)24-25-26-27-30(24)18-22-8-5-17-32-22/h2-4,6-7,9-12,22-23H,5,8,13-18H2,1H3. The third-order valence-electron chi connectivity index (χ3n) is 6.44. The highest BCUT2D eigenvalue weighted by Gasteiger charge is 2.31. The van der Waals surface area contributed by atoms with E-state index < -0.39 is 0 Å². The van der Waals surface area contributed by atoms with Gasteiger partial charge >= 0.3 is 0 Å². The van der Waals surface area contributed by atoms with E-state index in [-0.39, 0.29) is 12.1 Å². The van der Waals surface area contributed by atoms with Gasteiger partial charge in [0.25, 0.3) is 0 Å². The molecule has 0 amide bonds. The highest BCUT2D eigenvalue weighted by molar-refractivity contribution is 5.49. The molecule has 3 heterocycles. The predicted molar refractivity (Wildman–Crippen MR) is 122 cm³/mol. The molecule has 2 aromatic carbocycles. The van der Waals surface area contributed by atoms with Crippen LogP contribution in [0.4, 0.5) is 5.69 Å². The third-order valence-corrected chi connectivity index (χ3v) is 6.44. The van der Waals surface area contributed by atoms with Crippen molar-refractivity contribution in [3.8, 4) is 5.75 Å². The van der Waals surface area contributed by atoms with Gasteiger partial charge in [-0.2, -0.15) is 0 Å². The van der Waals surface area contributed by atoms with Crippen LogP contribution in [0.15, 0.2) is 54.6 Å². The Morgan fingerprint density at radius 1 is 1.03 bits per heavy atom. The van der Waals surface area contributed by atoms with Crippen molar-refractivity contribution in [1.82, 2.24) is 25.1 Å². The van der Waals surface area contributed by atoms with E-state index in [2.05, 4.69) is 67.8 Å². The molecular weight excluding hydrogens is 404 g/mol. The van der Waals surface area contributed by atoms with Gasteiger partial charge in [0.1, 0.15) is 5.75 Å². The lowest BCUT2D eigenvalue weighted by Gasteiger charge is -2.40. The summed E-state index contributed by atoms with van der Waals surface area (Å²) < 4.78 is 13.1. The van der Waals surface area contributed by atoms with Gasteiger partial charge in [-0.05, 0) is 53.1 Å². The van der Waals surface area contributed by atoms with Gasteiger partial charge in [0.05, 0.1) is 25.8 Å². The Kier molecular flexibility index (Phi) is 6.31. The Bertz CT molecular complexity index is 979. The van der Waals surface area contributed by atoms with Crippen LogP contribution in [0.25, 0.3) is 0 Å². The number of tetrazole rings is 1. The van der Waals surface area contributed by atoms with Crippen LogP contribution in [0.2, 0.25) is 0 Å². The average molecular weight is 435 g/mol. The number of benzene rings is 2. The SMILES string of the molecule is COc1ccc(N2CCN(C(c3ccccc3)c3nnnn3CC3CCCO3)CC2)cc1. The van der Waals surface area contributed by atoms with Gasteiger partial charge < -0.3 is 14.4 Å². The molecule has 2 atom stereocenters. The first kappa shape index (κ1) is 20.9. The van der Waals surface area contributed by atoms with E-state index in [1.807, 2.05) is 16.8 Å². The van der Waals surface area contributed by atoms with Gasteiger partial charge in [-0.3, -0.25) is 4.90 Å². The van der Waals surface area contributed by atoms with E-state index in [0.29, 0.717) is 6.54 Å². The quantitative estimate of drug-likeness (QED) is 0.566. The van der Waals surface area contributed by atoms with Crippen LogP contribution in [-0.4, -0.2) is 71.1 Å². The van der Waals surface area contributed by atoms with Crippen molar-refractivity contribution in [1.29, 1.82) is 0 Å². The molecule has 2 unspecified atom stereocenters. The second-order valence-corrected chi connectivity index (χ2v) is 8.39. The number of anilines is 1.